The molecule has 0 aliphatic carbocycles. The minimum absolute atomic E-state index is 0.175. The summed E-state index contributed by atoms with van der Waals surface area (Å²) in [5, 5.41) is -0.577. The van der Waals surface area contributed by atoms with Gasteiger partial charge >= 0.3 is 12.3 Å². The molecule has 5 nitrogen and oxygen atoms in total. The number of nitrogens with zero attached hydrogens (tertiary/aromatic N) is 3. The van der Waals surface area contributed by atoms with Crippen molar-refractivity contribution in [3.63, 3.8) is 0 Å². The zero-order chi connectivity index (χ0) is 19.0. The summed E-state index contributed by atoms with van der Waals surface area (Å²) in [6.07, 6.45) is -4.94. The maximum Gasteiger partial charge on any atom is 0.419 e. The number of piperazine rings is 1. The molecule has 1 fully saturated rings. The highest BCUT2D eigenvalue weighted by Gasteiger charge is 2.35. The largest absolute Gasteiger partial charge is 0.444 e. The summed E-state index contributed by atoms with van der Waals surface area (Å²) in [4.78, 5) is 19.5. The number of aromatic nitrogens is 1. The van der Waals surface area contributed by atoms with Gasteiger partial charge < -0.3 is 14.5 Å². The zero-order valence-corrected chi connectivity index (χ0v) is 15.3. The van der Waals surface area contributed by atoms with Gasteiger partial charge in [0.25, 0.3) is 0 Å². The van der Waals surface area contributed by atoms with E-state index in [2.05, 4.69) is 4.98 Å². The first kappa shape index (κ1) is 19.6. The molecule has 25 heavy (non-hydrogen) atoms. The summed E-state index contributed by atoms with van der Waals surface area (Å²) in [6.45, 7) is 8.46. The maximum atomic E-state index is 12.8. The van der Waals surface area contributed by atoms with E-state index in [4.69, 9.17) is 16.3 Å². The van der Waals surface area contributed by atoms with Crippen molar-refractivity contribution >= 4 is 23.5 Å². The summed E-state index contributed by atoms with van der Waals surface area (Å²) in [6, 6.07) is 2.05. The van der Waals surface area contributed by atoms with Crippen LogP contribution in [0.25, 0.3) is 0 Å². The molecular formula is C16H21ClF3N3O2. The van der Waals surface area contributed by atoms with E-state index in [0.29, 0.717) is 25.5 Å². The number of halogens is 4. The quantitative estimate of drug-likeness (QED) is 0.686. The second-order valence-corrected chi connectivity index (χ2v) is 7.33. The summed E-state index contributed by atoms with van der Waals surface area (Å²) in [5.74, 6) is 0.355. The van der Waals surface area contributed by atoms with Crippen LogP contribution in [-0.4, -0.2) is 47.3 Å². The average molecular weight is 380 g/mol. The number of carbonyl (C=O) groups is 1. The van der Waals surface area contributed by atoms with Crippen molar-refractivity contribution in [1.82, 2.24) is 9.88 Å². The summed E-state index contributed by atoms with van der Waals surface area (Å²) in [7, 11) is 0. The molecule has 1 amide bonds. The highest BCUT2D eigenvalue weighted by molar-refractivity contribution is 6.30. The summed E-state index contributed by atoms with van der Waals surface area (Å²) >= 11 is 5.68. The lowest BCUT2D eigenvalue weighted by Crippen LogP contribution is -2.55. The lowest BCUT2D eigenvalue weighted by atomic mass is 10.2. The van der Waals surface area contributed by atoms with Gasteiger partial charge in [0, 0.05) is 25.7 Å². The molecule has 1 aromatic rings. The summed E-state index contributed by atoms with van der Waals surface area (Å²) < 4.78 is 43.7. The molecule has 0 aromatic carbocycles. The fourth-order valence-corrected chi connectivity index (χ4v) is 2.83. The van der Waals surface area contributed by atoms with E-state index in [0.717, 1.165) is 6.07 Å². The van der Waals surface area contributed by atoms with Crippen molar-refractivity contribution in [1.29, 1.82) is 0 Å². The van der Waals surface area contributed by atoms with Crippen molar-refractivity contribution in [3.05, 3.63) is 22.8 Å². The van der Waals surface area contributed by atoms with Crippen LogP contribution in [0.15, 0.2) is 12.1 Å². The molecule has 140 valence electrons. The first-order chi connectivity index (χ1) is 11.4. The third-order valence-corrected chi connectivity index (χ3v) is 4.01. The predicted molar refractivity (Wildman–Crippen MR) is 88.9 cm³/mol. The predicted octanol–water partition coefficient (Wildman–Crippen LogP) is 4.20. The number of pyridine rings is 1. The molecule has 0 bridgehead atoms. The molecule has 9 heteroatoms. The second-order valence-electron chi connectivity index (χ2n) is 6.97. The molecule has 0 saturated carbocycles. The molecule has 0 N–H and O–H groups in total. The van der Waals surface area contributed by atoms with Gasteiger partial charge in [0.05, 0.1) is 5.56 Å². The Balaban J connectivity index is 2.08. The summed E-state index contributed by atoms with van der Waals surface area (Å²) in [5.41, 5.74) is -1.55. The lowest BCUT2D eigenvalue weighted by Gasteiger charge is -2.40. The van der Waals surface area contributed by atoms with Gasteiger partial charge in [-0.1, -0.05) is 11.6 Å². The first-order valence-electron chi connectivity index (χ1n) is 7.87. The van der Waals surface area contributed by atoms with Crippen molar-refractivity contribution in [2.75, 3.05) is 24.5 Å². The van der Waals surface area contributed by atoms with Gasteiger partial charge in [-0.2, -0.15) is 13.2 Å². The Morgan fingerprint density at radius 2 is 1.92 bits per heavy atom. The Labute approximate surface area is 149 Å². The van der Waals surface area contributed by atoms with Gasteiger partial charge in [0.1, 0.15) is 16.6 Å². The van der Waals surface area contributed by atoms with Crippen LogP contribution < -0.4 is 4.90 Å². The van der Waals surface area contributed by atoms with E-state index in [1.54, 1.807) is 30.6 Å². The molecule has 0 spiro atoms. The van der Waals surface area contributed by atoms with E-state index in [1.165, 1.54) is 6.07 Å². The van der Waals surface area contributed by atoms with Gasteiger partial charge in [-0.25, -0.2) is 9.78 Å². The van der Waals surface area contributed by atoms with Crippen LogP contribution in [0, 0.1) is 0 Å². The third kappa shape index (κ3) is 4.90. The maximum absolute atomic E-state index is 12.8. The van der Waals surface area contributed by atoms with Crippen LogP contribution in [0.3, 0.4) is 0 Å². The number of anilines is 1. The second kappa shape index (κ2) is 6.90. The van der Waals surface area contributed by atoms with E-state index < -0.39 is 28.6 Å². The van der Waals surface area contributed by atoms with Crippen LogP contribution in [0.2, 0.25) is 5.15 Å². The Hall–Kier alpha value is -1.70. The number of ether oxygens (including phenoxy) is 1. The van der Waals surface area contributed by atoms with Crippen molar-refractivity contribution in [2.24, 2.45) is 0 Å². The van der Waals surface area contributed by atoms with Gasteiger partial charge in [-0.3, -0.25) is 0 Å². The van der Waals surface area contributed by atoms with Crippen molar-refractivity contribution in [3.8, 4) is 0 Å². The molecule has 1 saturated heterocycles. The van der Waals surface area contributed by atoms with Crippen LogP contribution in [0.5, 0.6) is 0 Å². The van der Waals surface area contributed by atoms with E-state index in [9.17, 15) is 18.0 Å². The van der Waals surface area contributed by atoms with Gasteiger partial charge in [0.2, 0.25) is 0 Å². The number of carbonyl (C=O) groups excluding carboxylic acids is 1. The molecule has 2 rings (SSSR count). The molecule has 1 aliphatic heterocycles. The van der Waals surface area contributed by atoms with E-state index >= 15 is 0 Å². The Morgan fingerprint density at radius 1 is 1.28 bits per heavy atom. The molecule has 2 heterocycles. The molecular weight excluding hydrogens is 359 g/mol. The van der Waals surface area contributed by atoms with Gasteiger partial charge in [-0.15, -0.1) is 0 Å². The Morgan fingerprint density at radius 3 is 2.40 bits per heavy atom. The Kier molecular flexibility index (Phi) is 5.41. The molecule has 1 atom stereocenters. The smallest absolute Gasteiger partial charge is 0.419 e. The van der Waals surface area contributed by atoms with E-state index in [-0.39, 0.29) is 6.04 Å². The first-order valence-corrected chi connectivity index (χ1v) is 8.24. The van der Waals surface area contributed by atoms with E-state index in [1.807, 2.05) is 6.92 Å². The number of rotatable bonds is 1. The van der Waals surface area contributed by atoms with Crippen LogP contribution in [0.4, 0.5) is 23.8 Å². The highest BCUT2D eigenvalue weighted by Crippen LogP contribution is 2.35. The molecule has 0 radical (unpaired) electrons. The highest BCUT2D eigenvalue weighted by atomic mass is 35.5. The minimum Gasteiger partial charge on any atom is -0.444 e. The van der Waals surface area contributed by atoms with Crippen LogP contribution in [0.1, 0.15) is 33.3 Å². The molecule has 1 aliphatic rings. The van der Waals surface area contributed by atoms with Crippen molar-refractivity contribution in [2.45, 2.75) is 45.5 Å². The van der Waals surface area contributed by atoms with Crippen LogP contribution in [-0.2, 0) is 10.9 Å². The number of amides is 1. The fraction of sp³-hybridized carbons (Fsp3) is 0.625. The van der Waals surface area contributed by atoms with Gasteiger partial charge in [0.15, 0.2) is 0 Å². The monoisotopic (exact) mass is 379 g/mol. The molecule has 1 aromatic heterocycles. The standard InChI is InChI=1S/C16H21ClF3N3O2/c1-10-9-22(7-8-23(10)14(24)25-15(2,3)4)12-6-5-11(13(17)21-12)16(18,19)20/h5-6,10H,7-9H2,1-4H3/t10-/m1/s1. The lowest BCUT2D eigenvalue weighted by molar-refractivity contribution is -0.137. The zero-order valence-electron chi connectivity index (χ0n) is 14.5. The Bertz CT molecular complexity index is 646. The minimum atomic E-state index is -4.54. The number of alkyl halides is 3. The van der Waals surface area contributed by atoms with Gasteiger partial charge in [-0.05, 0) is 39.8 Å². The molecule has 0 unspecified atom stereocenters. The van der Waals surface area contributed by atoms with Crippen molar-refractivity contribution < 1.29 is 22.7 Å². The topological polar surface area (TPSA) is 45.7 Å². The third-order valence-electron chi connectivity index (χ3n) is 3.72. The van der Waals surface area contributed by atoms with Crippen LogP contribution >= 0.6 is 11.6 Å². The average Bonchev–Trinajstić information content (AvgIpc) is 2.43. The normalized spacial score (nSPS) is 19.1. The SMILES string of the molecule is C[C@@H]1CN(c2ccc(C(F)(F)F)c(Cl)n2)CCN1C(=O)OC(C)(C)C. The number of hydrogen-bond donors (Lipinski definition) is 0. The fourth-order valence-electron chi connectivity index (χ4n) is 2.57. The number of hydrogen-bond acceptors (Lipinski definition) is 4.